The number of nitrogens with one attached hydrogen (secondary N) is 1. The van der Waals surface area contributed by atoms with E-state index in [9.17, 15) is 0 Å². The lowest BCUT2D eigenvalue weighted by molar-refractivity contribution is 0.0670. The number of hydrogen-bond acceptors (Lipinski definition) is 2. The number of nitrogens with zero attached hydrogens (tertiary/aromatic N) is 1. The van der Waals surface area contributed by atoms with Gasteiger partial charge in [-0.3, -0.25) is 4.90 Å². The summed E-state index contributed by atoms with van der Waals surface area (Å²) in [5.74, 6) is 0. The molecule has 2 atom stereocenters. The first-order valence-corrected chi connectivity index (χ1v) is 6.94. The van der Waals surface area contributed by atoms with Crippen LogP contribution in [0.25, 0.3) is 0 Å². The van der Waals surface area contributed by atoms with Gasteiger partial charge in [0, 0.05) is 31.2 Å². The van der Waals surface area contributed by atoms with Gasteiger partial charge in [0.05, 0.1) is 0 Å². The van der Waals surface area contributed by atoms with Crippen LogP contribution in [0.3, 0.4) is 0 Å². The summed E-state index contributed by atoms with van der Waals surface area (Å²) < 4.78 is 0. The monoisotopic (exact) mass is 208 g/mol. The lowest BCUT2D eigenvalue weighted by Gasteiger charge is -2.44. The van der Waals surface area contributed by atoms with E-state index in [-0.39, 0.29) is 0 Å². The van der Waals surface area contributed by atoms with Gasteiger partial charge in [-0.15, -0.1) is 0 Å². The van der Waals surface area contributed by atoms with Gasteiger partial charge in [0.25, 0.3) is 0 Å². The van der Waals surface area contributed by atoms with Crippen molar-refractivity contribution in [1.29, 1.82) is 0 Å². The first kappa shape index (κ1) is 10.1. The summed E-state index contributed by atoms with van der Waals surface area (Å²) >= 11 is 0. The SMILES string of the molecule is C1CCC(N2CCN[C@@H]3CCC[C@@H]32)CC1. The summed E-state index contributed by atoms with van der Waals surface area (Å²) in [4.78, 5) is 2.87. The van der Waals surface area contributed by atoms with E-state index < -0.39 is 0 Å². The van der Waals surface area contributed by atoms with Crippen molar-refractivity contribution < 1.29 is 0 Å². The van der Waals surface area contributed by atoms with Crippen molar-refractivity contribution in [3.63, 3.8) is 0 Å². The Labute approximate surface area is 93.4 Å². The summed E-state index contributed by atoms with van der Waals surface area (Å²) in [5.41, 5.74) is 0. The molecule has 15 heavy (non-hydrogen) atoms. The maximum Gasteiger partial charge on any atom is 0.0252 e. The number of hydrogen-bond donors (Lipinski definition) is 1. The van der Waals surface area contributed by atoms with Gasteiger partial charge in [-0.2, -0.15) is 0 Å². The second kappa shape index (κ2) is 4.42. The molecule has 0 radical (unpaired) electrons. The molecule has 3 fully saturated rings. The molecule has 0 spiro atoms. The quantitative estimate of drug-likeness (QED) is 0.710. The minimum atomic E-state index is 0.834. The van der Waals surface area contributed by atoms with Crippen LogP contribution in [-0.4, -0.2) is 36.1 Å². The minimum absolute atomic E-state index is 0.834. The second-order valence-corrected chi connectivity index (χ2v) is 5.59. The van der Waals surface area contributed by atoms with Crippen molar-refractivity contribution >= 4 is 0 Å². The van der Waals surface area contributed by atoms with Crippen LogP contribution >= 0.6 is 0 Å². The third-order valence-electron chi connectivity index (χ3n) is 4.73. The molecule has 2 nitrogen and oxygen atoms in total. The molecule has 2 saturated carbocycles. The molecule has 0 unspecified atom stereocenters. The predicted octanol–water partition coefficient (Wildman–Crippen LogP) is 2.15. The van der Waals surface area contributed by atoms with Crippen LogP contribution in [0.15, 0.2) is 0 Å². The topological polar surface area (TPSA) is 15.3 Å². The molecule has 0 amide bonds. The summed E-state index contributed by atoms with van der Waals surface area (Å²) in [7, 11) is 0. The van der Waals surface area contributed by atoms with Crippen LogP contribution in [0.2, 0.25) is 0 Å². The van der Waals surface area contributed by atoms with Gasteiger partial charge in [0.1, 0.15) is 0 Å². The van der Waals surface area contributed by atoms with E-state index in [1.165, 1.54) is 64.5 Å². The van der Waals surface area contributed by atoms with Gasteiger partial charge in [-0.1, -0.05) is 25.7 Å². The van der Waals surface area contributed by atoms with Crippen LogP contribution in [0, 0.1) is 0 Å². The fraction of sp³-hybridized carbons (Fsp3) is 1.00. The van der Waals surface area contributed by atoms with E-state index in [0.29, 0.717) is 0 Å². The highest BCUT2D eigenvalue weighted by Crippen LogP contribution is 2.32. The molecular weight excluding hydrogens is 184 g/mol. The zero-order valence-corrected chi connectivity index (χ0v) is 9.75. The van der Waals surface area contributed by atoms with Gasteiger partial charge in [-0.05, 0) is 25.7 Å². The molecule has 86 valence electrons. The Hall–Kier alpha value is -0.0800. The molecule has 2 aliphatic carbocycles. The average Bonchev–Trinajstić information content (AvgIpc) is 2.78. The fourth-order valence-corrected chi connectivity index (χ4v) is 3.99. The number of fused-ring (bicyclic) bond motifs is 1. The van der Waals surface area contributed by atoms with E-state index in [1.807, 2.05) is 0 Å². The van der Waals surface area contributed by atoms with Crippen molar-refractivity contribution in [3.05, 3.63) is 0 Å². The zero-order valence-electron chi connectivity index (χ0n) is 9.75. The Balaban J connectivity index is 1.67. The summed E-state index contributed by atoms with van der Waals surface area (Å²) in [5, 5.41) is 3.71. The first-order valence-electron chi connectivity index (χ1n) is 6.94. The van der Waals surface area contributed by atoms with Crippen molar-refractivity contribution in [3.8, 4) is 0 Å². The highest BCUT2D eigenvalue weighted by molar-refractivity contribution is 4.96. The summed E-state index contributed by atoms with van der Waals surface area (Å²) in [6.45, 7) is 2.55. The molecule has 0 aromatic carbocycles. The molecule has 2 heteroatoms. The molecule has 1 heterocycles. The van der Waals surface area contributed by atoms with E-state index >= 15 is 0 Å². The Morgan fingerprint density at radius 2 is 1.73 bits per heavy atom. The van der Waals surface area contributed by atoms with Crippen LogP contribution in [0.4, 0.5) is 0 Å². The first-order chi connectivity index (χ1) is 7.45. The highest BCUT2D eigenvalue weighted by atomic mass is 15.3. The summed E-state index contributed by atoms with van der Waals surface area (Å²) in [6.07, 6.45) is 11.7. The molecule has 3 rings (SSSR count). The predicted molar refractivity (Wildman–Crippen MR) is 63.0 cm³/mol. The molecule has 1 aliphatic heterocycles. The van der Waals surface area contributed by atoms with Gasteiger partial charge >= 0.3 is 0 Å². The smallest absolute Gasteiger partial charge is 0.0252 e. The summed E-state index contributed by atoms with van der Waals surface area (Å²) in [6, 6.07) is 2.66. The lowest BCUT2D eigenvalue weighted by Crippen LogP contribution is -2.58. The molecule has 1 N–H and O–H groups in total. The van der Waals surface area contributed by atoms with Crippen LogP contribution in [0.1, 0.15) is 51.4 Å². The molecule has 1 saturated heterocycles. The van der Waals surface area contributed by atoms with E-state index in [2.05, 4.69) is 10.2 Å². The normalized spacial score (nSPS) is 39.2. The van der Waals surface area contributed by atoms with E-state index in [1.54, 1.807) is 0 Å². The third-order valence-corrected chi connectivity index (χ3v) is 4.73. The van der Waals surface area contributed by atoms with E-state index in [4.69, 9.17) is 0 Å². The third kappa shape index (κ3) is 1.94. The molecule has 0 bridgehead atoms. The van der Waals surface area contributed by atoms with Crippen molar-refractivity contribution in [2.24, 2.45) is 0 Å². The lowest BCUT2D eigenvalue weighted by atomic mass is 9.91. The van der Waals surface area contributed by atoms with Gasteiger partial charge in [-0.25, -0.2) is 0 Å². The van der Waals surface area contributed by atoms with Crippen molar-refractivity contribution in [1.82, 2.24) is 10.2 Å². The Bertz CT molecular complexity index is 211. The number of rotatable bonds is 1. The van der Waals surface area contributed by atoms with Crippen molar-refractivity contribution in [2.75, 3.05) is 13.1 Å². The molecule has 0 aromatic heterocycles. The maximum atomic E-state index is 3.71. The van der Waals surface area contributed by atoms with Crippen molar-refractivity contribution in [2.45, 2.75) is 69.5 Å². The Morgan fingerprint density at radius 3 is 2.60 bits per heavy atom. The van der Waals surface area contributed by atoms with Gasteiger partial charge in [0.2, 0.25) is 0 Å². The zero-order chi connectivity index (χ0) is 10.1. The minimum Gasteiger partial charge on any atom is -0.311 e. The average molecular weight is 208 g/mol. The maximum absolute atomic E-state index is 3.71. The highest BCUT2D eigenvalue weighted by Gasteiger charge is 2.37. The van der Waals surface area contributed by atoms with Crippen LogP contribution < -0.4 is 5.32 Å². The molecule has 3 aliphatic rings. The standard InChI is InChI=1S/C13H24N2/c1-2-5-11(6-3-1)15-10-9-14-12-7-4-8-13(12)15/h11-14H,1-10H2/t12-,13+/m1/s1. The van der Waals surface area contributed by atoms with E-state index in [0.717, 1.165) is 18.1 Å². The Morgan fingerprint density at radius 1 is 0.867 bits per heavy atom. The largest absolute Gasteiger partial charge is 0.311 e. The molecule has 0 aromatic rings. The fourth-order valence-electron chi connectivity index (χ4n) is 3.99. The molecular formula is C13H24N2. The van der Waals surface area contributed by atoms with Gasteiger partial charge in [0.15, 0.2) is 0 Å². The van der Waals surface area contributed by atoms with Crippen LogP contribution in [-0.2, 0) is 0 Å². The number of piperazine rings is 1. The second-order valence-electron chi connectivity index (χ2n) is 5.59. The van der Waals surface area contributed by atoms with Crippen LogP contribution in [0.5, 0.6) is 0 Å². The Kier molecular flexibility index (Phi) is 2.98. The van der Waals surface area contributed by atoms with Gasteiger partial charge < -0.3 is 5.32 Å².